The molecule has 5 rings (SSSR count). The lowest BCUT2D eigenvalue weighted by Crippen LogP contribution is -2.60. The maximum atomic E-state index is 15.0. The molecule has 2 aromatic carbocycles. The number of nitrogens with zero attached hydrogens (tertiary/aromatic N) is 2. The predicted molar refractivity (Wildman–Crippen MR) is 199 cm³/mol. The highest BCUT2D eigenvalue weighted by atomic mass is 79.9. The van der Waals surface area contributed by atoms with Gasteiger partial charge in [0, 0.05) is 30.4 Å². The number of amides is 3. The van der Waals surface area contributed by atoms with Crippen molar-refractivity contribution in [1.82, 2.24) is 15.1 Å². The first-order chi connectivity index (χ1) is 24.8. The number of rotatable bonds is 16. The van der Waals surface area contributed by atoms with Crippen LogP contribution in [0.3, 0.4) is 0 Å². The van der Waals surface area contributed by atoms with Crippen molar-refractivity contribution in [3.05, 3.63) is 97.1 Å². The number of aliphatic hydroxyl groups is 1. The Morgan fingerprint density at radius 1 is 1.10 bits per heavy atom. The van der Waals surface area contributed by atoms with Gasteiger partial charge < -0.3 is 34.4 Å². The van der Waals surface area contributed by atoms with E-state index in [0.717, 1.165) is 0 Å². The lowest BCUT2D eigenvalue weighted by atomic mass is 9.70. The van der Waals surface area contributed by atoms with Crippen LogP contribution in [-0.4, -0.2) is 99.6 Å². The SMILES string of the molecule is C=CCCC(=O)N[C@@H](COC)[C@@H](OC(=O)[C@H]1[C@@H]2O[C@@]3(CC2Br)[C@@H]1C(=O)N([C@H](CO)c1ccccc1)[C@@H]3C(=O)N(CC=C)C(C)(C)C)c1ccccc1. The number of carbonyl (C=O) groups is 4. The molecule has 1 spiro atoms. The summed E-state index contributed by atoms with van der Waals surface area (Å²) in [7, 11) is 1.50. The summed E-state index contributed by atoms with van der Waals surface area (Å²) in [5.74, 6) is -3.98. The zero-order valence-corrected chi connectivity index (χ0v) is 31.9. The molecule has 0 radical (unpaired) electrons. The Bertz CT molecular complexity index is 1620. The molecule has 3 aliphatic rings. The minimum atomic E-state index is -1.41. The van der Waals surface area contributed by atoms with Crippen LogP contribution in [0.4, 0.5) is 0 Å². The summed E-state index contributed by atoms with van der Waals surface area (Å²) in [6.07, 6.45) is 2.46. The molecule has 3 amide bonds. The average molecular weight is 781 g/mol. The summed E-state index contributed by atoms with van der Waals surface area (Å²) in [5, 5.41) is 13.8. The Labute approximate surface area is 314 Å². The number of halogens is 1. The standard InChI is InChI=1S/C40H50BrN3O8/c1-7-9-20-30(46)42-28(24-50-6)33(26-18-14-11-15-19-26)51-38(49)31-32-36(47)44(29(23-45)25-16-12-10-13-17-25)35(40(32)22-27(41)34(31)52-40)37(48)43(21-8-2)39(3,4)5/h7-8,10-19,27-29,31-35,45H,1-2,9,20-24H2,3-6H3,(H,42,46)/t27?,28-,29+,31+,32-,33-,34+,35+,40-/m0/s1. The van der Waals surface area contributed by atoms with E-state index in [2.05, 4.69) is 34.4 Å². The zero-order valence-electron chi connectivity index (χ0n) is 30.3. The van der Waals surface area contributed by atoms with Crippen molar-refractivity contribution in [2.75, 3.05) is 26.9 Å². The van der Waals surface area contributed by atoms with Gasteiger partial charge in [-0.25, -0.2) is 0 Å². The molecule has 9 atom stereocenters. The van der Waals surface area contributed by atoms with E-state index in [1.54, 1.807) is 65.6 Å². The number of likely N-dealkylation sites (tertiary alicyclic amines) is 1. The molecule has 2 aromatic rings. The summed E-state index contributed by atoms with van der Waals surface area (Å²) < 4.78 is 18.6. The number of fused-ring (bicyclic) bond motifs is 1. The molecule has 3 heterocycles. The number of hydrogen-bond donors (Lipinski definition) is 2. The fourth-order valence-electron chi connectivity index (χ4n) is 8.08. The van der Waals surface area contributed by atoms with Crippen LogP contribution in [0.1, 0.15) is 63.3 Å². The van der Waals surface area contributed by atoms with Gasteiger partial charge in [0.2, 0.25) is 17.7 Å². The Morgan fingerprint density at radius 2 is 1.73 bits per heavy atom. The van der Waals surface area contributed by atoms with Crippen LogP contribution < -0.4 is 5.32 Å². The van der Waals surface area contributed by atoms with Crippen molar-refractivity contribution < 1.29 is 38.5 Å². The predicted octanol–water partition coefficient (Wildman–Crippen LogP) is 4.66. The van der Waals surface area contributed by atoms with E-state index in [4.69, 9.17) is 14.2 Å². The molecule has 11 nitrogen and oxygen atoms in total. The van der Waals surface area contributed by atoms with Crippen molar-refractivity contribution in [2.24, 2.45) is 11.8 Å². The summed E-state index contributed by atoms with van der Waals surface area (Å²) in [4.78, 5) is 60.2. The first-order valence-corrected chi connectivity index (χ1v) is 18.6. The number of aliphatic hydroxyl groups excluding tert-OH is 1. The van der Waals surface area contributed by atoms with Crippen LogP contribution in [-0.2, 0) is 33.4 Å². The summed E-state index contributed by atoms with van der Waals surface area (Å²) >= 11 is 3.74. The molecule has 0 saturated carbocycles. The minimum Gasteiger partial charge on any atom is -0.455 e. The van der Waals surface area contributed by atoms with Gasteiger partial charge in [-0.15, -0.1) is 13.2 Å². The van der Waals surface area contributed by atoms with Gasteiger partial charge in [0.1, 0.15) is 17.7 Å². The van der Waals surface area contributed by atoms with Gasteiger partial charge in [0.25, 0.3) is 0 Å². The molecular weight excluding hydrogens is 730 g/mol. The number of esters is 1. The number of alkyl halides is 1. The second-order valence-corrected chi connectivity index (χ2v) is 15.8. The van der Waals surface area contributed by atoms with Gasteiger partial charge in [-0.05, 0) is 44.7 Å². The quantitative estimate of drug-likeness (QED) is 0.143. The maximum absolute atomic E-state index is 15.0. The van der Waals surface area contributed by atoms with Crippen LogP contribution >= 0.6 is 15.9 Å². The molecular formula is C40H50BrN3O8. The van der Waals surface area contributed by atoms with Gasteiger partial charge in [0.05, 0.1) is 43.2 Å². The van der Waals surface area contributed by atoms with Gasteiger partial charge in [0.15, 0.2) is 0 Å². The molecule has 2 N–H and O–H groups in total. The highest BCUT2D eigenvalue weighted by Crippen LogP contribution is 2.61. The lowest BCUT2D eigenvalue weighted by molar-refractivity contribution is -0.163. The highest BCUT2D eigenvalue weighted by Gasteiger charge is 2.78. The van der Waals surface area contributed by atoms with E-state index in [1.807, 2.05) is 32.9 Å². The Morgan fingerprint density at radius 3 is 2.29 bits per heavy atom. The first kappa shape index (κ1) is 39.4. The molecule has 3 aliphatic heterocycles. The van der Waals surface area contributed by atoms with Crippen LogP contribution in [0, 0.1) is 11.8 Å². The molecule has 3 saturated heterocycles. The summed E-state index contributed by atoms with van der Waals surface area (Å²) in [6, 6.07) is 15.3. The van der Waals surface area contributed by atoms with Crippen LogP contribution in [0.2, 0.25) is 0 Å². The van der Waals surface area contributed by atoms with E-state index in [9.17, 15) is 24.3 Å². The molecule has 2 bridgehead atoms. The molecule has 12 heteroatoms. The normalized spacial score (nSPS) is 26.6. The monoisotopic (exact) mass is 779 g/mol. The third-order valence-electron chi connectivity index (χ3n) is 10.3. The number of allylic oxidation sites excluding steroid dienone is 1. The third kappa shape index (κ3) is 7.48. The first-order valence-electron chi connectivity index (χ1n) is 17.7. The van der Waals surface area contributed by atoms with Crippen LogP contribution in [0.15, 0.2) is 86.0 Å². The van der Waals surface area contributed by atoms with Crippen LogP contribution in [0.5, 0.6) is 0 Å². The average Bonchev–Trinajstić information content (AvgIpc) is 3.72. The maximum Gasteiger partial charge on any atom is 0.313 e. The second kappa shape index (κ2) is 16.4. The fraction of sp³-hybridized carbons (Fsp3) is 0.500. The molecule has 280 valence electrons. The van der Waals surface area contributed by atoms with E-state index in [0.29, 0.717) is 17.5 Å². The van der Waals surface area contributed by atoms with E-state index in [1.165, 1.54) is 12.0 Å². The Kier molecular flexibility index (Phi) is 12.5. The largest absolute Gasteiger partial charge is 0.455 e. The zero-order chi connectivity index (χ0) is 37.8. The smallest absolute Gasteiger partial charge is 0.313 e. The molecule has 0 aromatic heterocycles. The van der Waals surface area contributed by atoms with Crippen molar-refractivity contribution in [2.45, 2.75) is 86.3 Å². The minimum absolute atomic E-state index is 0.0379. The molecule has 0 aliphatic carbocycles. The van der Waals surface area contributed by atoms with Crippen LogP contribution in [0.25, 0.3) is 0 Å². The molecule has 3 fully saturated rings. The van der Waals surface area contributed by atoms with Crippen molar-refractivity contribution in [3.63, 3.8) is 0 Å². The van der Waals surface area contributed by atoms with E-state index >= 15 is 0 Å². The third-order valence-corrected chi connectivity index (χ3v) is 11.2. The number of carbonyl (C=O) groups excluding carboxylic acids is 4. The molecule has 1 unspecified atom stereocenters. The lowest BCUT2D eigenvalue weighted by Gasteiger charge is -2.43. The van der Waals surface area contributed by atoms with Crippen molar-refractivity contribution >= 4 is 39.6 Å². The molecule has 52 heavy (non-hydrogen) atoms. The fourth-order valence-corrected chi connectivity index (χ4v) is 9.02. The summed E-state index contributed by atoms with van der Waals surface area (Å²) in [5.41, 5.74) is -0.801. The van der Waals surface area contributed by atoms with Crippen molar-refractivity contribution in [3.8, 4) is 0 Å². The van der Waals surface area contributed by atoms with Crippen molar-refractivity contribution in [1.29, 1.82) is 0 Å². The van der Waals surface area contributed by atoms with Gasteiger partial charge in [-0.2, -0.15) is 0 Å². The number of benzene rings is 2. The topological polar surface area (TPSA) is 135 Å². The van der Waals surface area contributed by atoms with E-state index in [-0.39, 0.29) is 42.6 Å². The van der Waals surface area contributed by atoms with Gasteiger partial charge >= 0.3 is 5.97 Å². The van der Waals surface area contributed by atoms with Gasteiger partial charge in [-0.3, -0.25) is 19.2 Å². The van der Waals surface area contributed by atoms with E-state index < -0.39 is 71.8 Å². The number of methoxy groups -OCH3 is 1. The number of nitrogens with one attached hydrogen (secondary N) is 1. The highest BCUT2D eigenvalue weighted by molar-refractivity contribution is 9.09. The Hall–Kier alpha value is -3.84. The van der Waals surface area contributed by atoms with Gasteiger partial charge in [-0.1, -0.05) is 88.7 Å². The number of ether oxygens (including phenoxy) is 3. The summed E-state index contributed by atoms with van der Waals surface area (Å²) in [6.45, 7) is 13.1. The Balaban J connectivity index is 1.58. The number of hydrogen-bond acceptors (Lipinski definition) is 8. The second-order valence-electron chi connectivity index (χ2n) is 14.7.